The van der Waals surface area contributed by atoms with Gasteiger partial charge in [0.05, 0.1) is 28.8 Å². The van der Waals surface area contributed by atoms with Crippen LogP contribution in [-0.2, 0) is 4.74 Å². The van der Waals surface area contributed by atoms with Crippen molar-refractivity contribution < 1.29 is 14.5 Å². The molecule has 2 aromatic rings. The SMILES string of the molecule is O=C(c1ccc(N2CCOCC2)c([N+](=O)[O-])c1)N1CCN(c2ccccc2Cl)CC1. The Labute approximate surface area is 179 Å². The van der Waals surface area contributed by atoms with E-state index in [0.717, 1.165) is 5.69 Å². The molecule has 0 spiro atoms. The summed E-state index contributed by atoms with van der Waals surface area (Å²) >= 11 is 6.28. The second kappa shape index (κ2) is 8.89. The topological polar surface area (TPSA) is 79.2 Å². The second-order valence-corrected chi connectivity index (χ2v) is 7.70. The van der Waals surface area contributed by atoms with Crippen LogP contribution < -0.4 is 9.80 Å². The highest BCUT2D eigenvalue weighted by molar-refractivity contribution is 6.33. The molecule has 4 rings (SSSR count). The largest absolute Gasteiger partial charge is 0.378 e. The van der Waals surface area contributed by atoms with Crippen molar-refractivity contribution in [3.63, 3.8) is 0 Å². The lowest BCUT2D eigenvalue weighted by Gasteiger charge is -2.36. The molecule has 2 aliphatic heterocycles. The third kappa shape index (κ3) is 4.20. The Morgan fingerprint density at radius 3 is 2.27 bits per heavy atom. The van der Waals surface area contributed by atoms with Gasteiger partial charge in [0.15, 0.2) is 0 Å². The number of morpholine rings is 1. The Hall–Kier alpha value is -2.84. The summed E-state index contributed by atoms with van der Waals surface area (Å²) in [7, 11) is 0. The van der Waals surface area contributed by atoms with Crippen LogP contribution in [0.3, 0.4) is 0 Å². The summed E-state index contributed by atoms with van der Waals surface area (Å²) in [6.07, 6.45) is 0. The highest BCUT2D eigenvalue weighted by Gasteiger charge is 2.27. The molecule has 2 aliphatic rings. The summed E-state index contributed by atoms with van der Waals surface area (Å²) < 4.78 is 5.33. The Morgan fingerprint density at radius 2 is 1.60 bits per heavy atom. The van der Waals surface area contributed by atoms with Gasteiger partial charge in [0.1, 0.15) is 5.69 Å². The Morgan fingerprint density at radius 1 is 0.933 bits per heavy atom. The van der Waals surface area contributed by atoms with Crippen molar-refractivity contribution in [2.75, 3.05) is 62.3 Å². The number of rotatable bonds is 4. The summed E-state index contributed by atoms with van der Waals surface area (Å²) in [5.41, 5.74) is 1.78. The number of nitro benzene ring substituents is 1. The summed E-state index contributed by atoms with van der Waals surface area (Å²) in [4.78, 5) is 30.0. The van der Waals surface area contributed by atoms with Crippen LogP contribution in [0.1, 0.15) is 10.4 Å². The van der Waals surface area contributed by atoms with E-state index >= 15 is 0 Å². The molecule has 0 bridgehead atoms. The molecule has 2 heterocycles. The number of carbonyl (C=O) groups is 1. The van der Waals surface area contributed by atoms with E-state index in [-0.39, 0.29) is 11.6 Å². The first kappa shape index (κ1) is 20.4. The van der Waals surface area contributed by atoms with Crippen molar-refractivity contribution in [2.24, 2.45) is 0 Å². The highest BCUT2D eigenvalue weighted by Crippen LogP contribution is 2.31. The predicted molar refractivity (Wildman–Crippen MR) is 116 cm³/mol. The lowest BCUT2D eigenvalue weighted by atomic mass is 10.1. The fourth-order valence-electron chi connectivity index (χ4n) is 3.92. The van der Waals surface area contributed by atoms with Crippen molar-refractivity contribution in [3.8, 4) is 0 Å². The van der Waals surface area contributed by atoms with Crippen LogP contribution in [0.4, 0.5) is 17.1 Å². The summed E-state index contributed by atoms with van der Waals surface area (Å²) in [5, 5.41) is 12.3. The Balaban J connectivity index is 1.48. The fraction of sp³-hybridized carbons (Fsp3) is 0.381. The van der Waals surface area contributed by atoms with Crippen LogP contribution in [0.15, 0.2) is 42.5 Å². The molecule has 2 fully saturated rings. The first-order valence-corrected chi connectivity index (χ1v) is 10.3. The van der Waals surface area contributed by atoms with Crippen LogP contribution in [0.5, 0.6) is 0 Å². The van der Waals surface area contributed by atoms with Crippen molar-refractivity contribution >= 4 is 34.6 Å². The quantitative estimate of drug-likeness (QED) is 0.548. The van der Waals surface area contributed by atoms with Crippen molar-refractivity contribution in [2.45, 2.75) is 0 Å². The van der Waals surface area contributed by atoms with E-state index in [4.69, 9.17) is 16.3 Å². The van der Waals surface area contributed by atoms with E-state index in [0.29, 0.717) is 68.8 Å². The van der Waals surface area contributed by atoms with Crippen molar-refractivity contribution in [3.05, 3.63) is 63.2 Å². The van der Waals surface area contributed by atoms with Gasteiger partial charge >= 0.3 is 0 Å². The molecule has 0 unspecified atom stereocenters. The Bertz CT molecular complexity index is 940. The number of halogens is 1. The van der Waals surface area contributed by atoms with Gasteiger partial charge in [-0.25, -0.2) is 0 Å². The van der Waals surface area contributed by atoms with Gasteiger partial charge in [0, 0.05) is 50.9 Å². The molecule has 0 radical (unpaired) electrons. The number of benzene rings is 2. The van der Waals surface area contributed by atoms with Crippen LogP contribution >= 0.6 is 11.6 Å². The molecule has 0 saturated carbocycles. The molecule has 0 atom stereocenters. The van der Waals surface area contributed by atoms with Gasteiger partial charge in [-0.2, -0.15) is 0 Å². The molecular weight excluding hydrogens is 408 g/mol. The number of carbonyl (C=O) groups excluding carboxylic acids is 1. The average molecular weight is 431 g/mol. The molecule has 158 valence electrons. The first-order valence-electron chi connectivity index (χ1n) is 9.94. The number of para-hydroxylation sites is 1. The summed E-state index contributed by atoms with van der Waals surface area (Å²) in [5.74, 6) is -0.189. The Kier molecular flexibility index (Phi) is 6.06. The molecule has 30 heavy (non-hydrogen) atoms. The smallest absolute Gasteiger partial charge is 0.293 e. The molecule has 0 aliphatic carbocycles. The third-order valence-electron chi connectivity index (χ3n) is 5.53. The van der Waals surface area contributed by atoms with E-state index in [1.807, 2.05) is 29.2 Å². The van der Waals surface area contributed by atoms with Crippen LogP contribution in [0, 0.1) is 10.1 Å². The standard InChI is InChI=1S/C21H23ClN4O4/c22-17-3-1-2-4-18(17)23-7-9-25(10-8-23)21(27)16-5-6-19(20(15-16)26(28)29)24-11-13-30-14-12-24/h1-6,15H,7-14H2. The van der Waals surface area contributed by atoms with E-state index < -0.39 is 4.92 Å². The minimum atomic E-state index is -0.420. The van der Waals surface area contributed by atoms with Gasteiger partial charge in [-0.3, -0.25) is 14.9 Å². The lowest BCUT2D eigenvalue weighted by molar-refractivity contribution is -0.384. The number of nitrogens with zero attached hydrogens (tertiary/aromatic N) is 4. The number of hydrogen-bond acceptors (Lipinski definition) is 6. The molecule has 2 saturated heterocycles. The predicted octanol–water partition coefficient (Wildman–Crippen LogP) is 3.05. The first-order chi connectivity index (χ1) is 14.5. The molecule has 0 N–H and O–H groups in total. The minimum Gasteiger partial charge on any atom is -0.378 e. The zero-order valence-electron chi connectivity index (χ0n) is 16.5. The molecule has 2 aromatic carbocycles. The van der Waals surface area contributed by atoms with E-state index in [9.17, 15) is 14.9 Å². The second-order valence-electron chi connectivity index (χ2n) is 7.29. The lowest BCUT2D eigenvalue weighted by Crippen LogP contribution is -2.48. The van der Waals surface area contributed by atoms with Crippen LogP contribution in [-0.4, -0.2) is 68.2 Å². The third-order valence-corrected chi connectivity index (χ3v) is 5.85. The van der Waals surface area contributed by atoms with Crippen molar-refractivity contribution in [1.82, 2.24) is 4.90 Å². The molecular formula is C21H23ClN4O4. The number of piperazine rings is 1. The van der Waals surface area contributed by atoms with E-state index in [1.54, 1.807) is 17.0 Å². The van der Waals surface area contributed by atoms with Gasteiger partial charge in [-0.05, 0) is 24.3 Å². The monoisotopic (exact) mass is 430 g/mol. The van der Waals surface area contributed by atoms with Crippen molar-refractivity contribution in [1.29, 1.82) is 0 Å². The molecule has 9 heteroatoms. The van der Waals surface area contributed by atoms with Gasteiger partial charge in [0.25, 0.3) is 11.6 Å². The van der Waals surface area contributed by atoms with Gasteiger partial charge in [-0.15, -0.1) is 0 Å². The molecule has 8 nitrogen and oxygen atoms in total. The number of ether oxygens (including phenoxy) is 1. The van der Waals surface area contributed by atoms with Gasteiger partial charge in [-0.1, -0.05) is 23.7 Å². The number of anilines is 2. The molecule has 1 amide bonds. The fourth-order valence-corrected chi connectivity index (χ4v) is 4.17. The average Bonchev–Trinajstić information content (AvgIpc) is 2.79. The van der Waals surface area contributed by atoms with Crippen LogP contribution in [0.25, 0.3) is 0 Å². The highest BCUT2D eigenvalue weighted by atomic mass is 35.5. The zero-order chi connectivity index (χ0) is 21.1. The maximum Gasteiger partial charge on any atom is 0.293 e. The number of nitro groups is 1. The summed E-state index contributed by atoms with van der Waals surface area (Å²) in [6.45, 7) is 4.64. The maximum atomic E-state index is 13.0. The zero-order valence-corrected chi connectivity index (χ0v) is 17.3. The normalized spacial score (nSPS) is 17.2. The summed E-state index contributed by atoms with van der Waals surface area (Å²) in [6, 6.07) is 12.4. The van der Waals surface area contributed by atoms with Crippen LogP contribution in [0.2, 0.25) is 5.02 Å². The van der Waals surface area contributed by atoms with Gasteiger partial charge < -0.3 is 19.4 Å². The van der Waals surface area contributed by atoms with E-state index in [2.05, 4.69) is 4.90 Å². The van der Waals surface area contributed by atoms with Gasteiger partial charge in [0.2, 0.25) is 0 Å². The number of amides is 1. The van der Waals surface area contributed by atoms with E-state index in [1.165, 1.54) is 6.07 Å². The minimum absolute atomic E-state index is 0.0440. The number of hydrogen-bond donors (Lipinski definition) is 0. The maximum absolute atomic E-state index is 13.0. The molecule has 0 aromatic heterocycles.